The first-order valence-corrected chi connectivity index (χ1v) is 6.31. The number of hydrogen-bond acceptors (Lipinski definition) is 5. The van der Waals surface area contributed by atoms with Crippen LogP contribution in [0, 0.1) is 0 Å². The molecule has 17 heavy (non-hydrogen) atoms. The molecule has 5 nitrogen and oxygen atoms in total. The number of anilines is 1. The lowest BCUT2D eigenvalue weighted by atomic mass is 10.3. The monoisotopic (exact) mass is 303 g/mol. The van der Waals surface area contributed by atoms with Crippen molar-refractivity contribution in [2.24, 2.45) is 0 Å². The Bertz CT molecular complexity index is 361. The molecule has 0 saturated carbocycles. The average molecular weight is 304 g/mol. The zero-order chi connectivity index (χ0) is 12.7. The zero-order valence-electron chi connectivity index (χ0n) is 10.4. The summed E-state index contributed by atoms with van der Waals surface area (Å²) in [6.45, 7) is 3.77. The van der Waals surface area contributed by atoms with E-state index >= 15 is 0 Å². The Morgan fingerprint density at radius 2 is 2.12 bits per heavy atom. The molecule has 0 aliphatic carbocycles. The van der Waals surface area contributed by atoms with Gasteiger partial charge in [0.15, 0.2) is 0 Å². The van der Waals surface area contributed by atoms with Crippen LogP contribution in [0.4, 0.5) is 5.82 Å². The molecule has 1 N–H and O–H groups in total. The van der Waals surface area contributed by atoms with Gasteiger partial charge in [0.2, 0.25) is 0 Å². The third-order valence-electron chi connectivity index (χ3n) is 2.16. The van der Waals surface area contributed by atoms with E-state index in [1.54, 1.807) is 7.11 Å². The highest BCUT2D eigenvalue weighted by atomic mass is 79.9. The fourth-order valence-corrected chi connectivity index (χ4v) is 1.85. The van der Waals surface area contributed by atoms with Crippen molar-refractivity contribution in [2.75, 3.05) is 32.7 Å². The summed E-state index contributed by atoms with van der Waals surface area (Å²) in [6, 6.07) is 0. The minimum absolute atomic E-state index is 0.458. The molecule has 1 rings (SSSR count). The van der Waals surface area contributed by atoms with Crippen molar-refractivity contribution in [3.05, 3.63) is 16.0 Å². The molecule has 0 amide bonds. The summed E-state index contributed by atoms with van der Waals surface area (Å²) in [5.41, 5.74) is 0.846. The molecule has 0 aliphatic rings. The van der Waals surface area contributed by atoms with Crippen molar-refractivity contribution in [1.82, 2.24) is 9.97 Å². The van der Waals surface area contributed by atoms with E-state index in [9.17, 15) is 0 Å². The predicted molar refractivity (Wildman–Crippen MR) is 70.2 cm³/mol. The number of hydrogen-bond donors (Lipinski definition) is 1. The third-order valence-corrected chi connectivity index (χ3v) is 2.99. The van der Waals surface area contributed by atoms with Gasteiger partial charge in [-0.2, -0.15) is 0 Å². The number of ether oxygens (including phenoxy) is 2. The van der Waals surface area contributed by atoms with Crippen LogP contribution in [0.25, 0.3) is 0 Å². The number of halogens is 1. The smallest absolute Gasteiger partial charge is 0.144 e. The molecule has 1 aromatic rings. The summed E-state index contributed by atoms with van der Waals surface area (Å²) in [6.07, 6.45) is 0.701. The highest BCUT2D eigenvalue weighted by Gasteiger charge is 2.11. The van der Waals surface area contributed by atoms with Crippen LogP contribution < -0.4 is 5.32 Å². The molecular formula is C11H18BrN3O2. The fourth-order valence-electron chi connectivity index (χ4n) is 1.36. The van der Waals surface area contributed by atoms with E-state index in [0.29, 0.717) is 26.2 Å². The Kier molecular flexibility index (Phi) is 6.39. The predicted octanol–water partition coefficient (Wildman–Crippen LogP) is 2.01. The minimum Gasteiger partial charge on any atom is -0.381 e. The van der Waals surface area contributed by atoms with Crippen LogP contribution in [-0.2, 0) is 22.5 Å². The molecule has 0 bridgehead atoms. The number of aromatic nitrogens is 2. The lowest BCUT2D eigenvalue weighted by Gasteiger charge is -2.10. The Hall–Kier alpha value is -0.720. The Morgan fingerprint density at radius 1 is 1.35 bits per heavy atom. The Morgan fingerprint density at radius 3 is 2.71 bits per heavy atom. The highest BCUT2D eigenvalue weighted by Crippen LogP contribution is 2.23. The number of nitrogens with one attached hydrogen (secondary N) is 1. The molecule has 96 valence electrons. The van der Waals surface area contributed by atoms with E-state index in [1.807, 2.05) is 14.0 Å². The van der Waals surface area contributed by atoms with E-state index in [2.05, 4.69) is 31.2 Å². The lowest BCUT2D eigenvalue weighted by Crippen LogP contribution is -2.09. The molecule has 6 heteroatoms. The number of methoxy groups -OCH3 is 1. The van der Waals surface area contributed by atoms with E-state index in [4.69, 9.17) is 9.47 Å². The highest BCUT2D eigenvalue weighted by molar-refractivity contribution is 9.10. The summed E-state index contributed by atoms with van der Waals surface area (Å²) >= 11 is 3.46. The van der Waals surface area contributed by atoms with Crippen LogP contribution in [0.5, 0.6) is 0 Å². The molecule has 1 aromatic heterocycles. The standard InChI is InChI=1S/C11H18BrN3O2/c1-4-17-6-5-9-14-8(7-16-3)10(12)11(13-2)15-9/h4-7H2,1-3H3,(H,13,14,15). The summed E-state index contributed by atoms with van der Waals surface area (Å²) in [4.78, 5) is 8.84. The first-order chi connectivity index (χ1) is 8.22. The lowest BCUT2D eigenvalue weighted by molar-refractivity contribution is 0.149. The Balaban J connectivity index is 2.86. The van der Waals surface area contributed by atoms with Crippen LogP contribution in [0.2, 0.25) is 0 Å². The van der Waals surface area contributed by atoms with Crippen LogP contribution in [0.3, 0.4) is 0 Å². The van der Waals surface area contributed by atoms with E-state index < -0.39 is 0 Å². The molecule has 1 heterocycles. The second-order valence-corrected chi connectivity index (χ2v) is 4.17. The topological polar surface area (TPSA) is 56.3 Å². The molecule has 0 spiro atoms. The van der Waals surface area contributed by atoms with Crippen LogP contribution in [0.1, 0.15) is 18.4 Å². The van der Waals surface area contributed by atoms with Crippen molar-refractivity contribution < 1.29 is 9.47 Å². The Labute approximate surface area is 110 Å². The molecule has 0 radical (unpaired) electrons. The second kappa shape index (κ2) is 7.58. The maximum Gasteiger partial charge on any atom is 0.144 e. The minimum atomic E-state index is 0.458. The van der Waals surface area contributed by atoms with Crippen LogP contribution in [-0.4, -0.2) is 37.3 Å². The maximum atomic E-state index is 5.30. The van der Waals surface area contributed by atoms with Crippen molar-refractivity contribution >= 4 is 21.7 Å². The molecule has 0 aromatic carbocycles. The number of rotatable bonds is 7. The summed E-state index contributed by atoms with van der Waals surface area (Å²) < 4.78 is 11.3. The van der Waals surface area contributed by atoms with Crippen LogP contribution in [0.15, 0.2) is 4.47 Å². The summed E-state index contributed by atoms with van der Waals surface area (Å²) in [5, 5.41) is 3.03. The SMILES string of the molecule is CCOCCc1nc(COC)c(Br)c(NC)n1. The van der Waals surface area contributed by atoms with Gasteiger partial charge >= 0.3 is 0 Å². The molecule has 0 atom stereocenters. The van der Waals surface area contributed by atoms with Crippen molar-refractivity contribution in [2.45, 2.75) is 20.0 Å². The van der Waals surface area contributed by atoms with E-state index in [-0.39, 0.29) is 0 Å². The normalized spacial score (nSPS) is 10.6. The van der Waals surface area contributed by atoms with Crippen molar-refractivity contribution in [1.29, 1.82) is 0 Å². The average Bonchev–Trinajstić information content (AvgIpc) is 2.33. The van der Waals surface area contributed by atoms with Gasteiger partial charge in [-0.25, -0.2) is 9.97 Å². The molecule has 0 saturated heterocycles. The maximum absolute atomic E-state index is 5.30. The van der Waals surface area contributed by atoms with Gasteiger partial charge in [-0.05, 0) is 22.9 Å². The first kappa shape index (κ1) is 14.3. The number of nitrogens with zero attached hydrogens (tertiary/aromatic N) is 2. The van der Waals surface area contributed by atoms with Crippen molar-refractivity contribution in [3.8, 4) is 0 Å². The zero-order valence-corrected chi connectivity index (χ0v) is 12.0. The summed E-state index contributed by atoms with van der Waals surface area (Å²) in [5.74, 6) is 1.54. The molecule has 0 fully saturated rings. The van der Waals surface area contributed by atoms with Crippen LogP contribution >= 0.6 is 15.9 Å². The summed E-state index contributed by atoms with van der Waals surface area (Å²) in [7, 11) is 3.48. The molecule has 0 aliphatic heterocycles. The first-order valence-electron chi connectivity index (χ1n) is 5.52. The van der Waals surface area contributed by atoms with E-state index in [0.717, 1.165) is 21.8 Å². The fraction of sp³-hybridized carbons (Fsp3) is 0.636. The van der Waals surface area contributed by atoms with Gasteiger partial charge < -0.3 is 14.8 Å². The third kappa shape index (κ3) is 4.22. The molecular weight excluding hydrogens is 286 g/mol. The van der Waals surface area contributed by atoms with Gasteiger partial charge in [-0.15, -0.1) is 0 Å². The van der Waals surface area contributed by atoms with Gasteiger partial charge in [0.05, 0.1) is 23.4 Å². The second-order valence-electron chi connectivity index (χ2n) is 3.38. The molecule has 0 unspecified atom stereocenters. The van der Waals surface area contributed by atoms with Gasteiger partial charge in [0.25, 0.3) is 0 Å². The quantitative estimate of drug-likeness (QED) is 0.781. The van der Waals surface area contributed by atoms with E-state index in [1.165, 1.54) is 0 Å². The van der Waals surface area contributed by atoms with Crippen molar-refractivity contribution in [3.63, 3.8) is 0 Å². The van der Waals surface area contributed by atoms with Gasteiger partial charge in [-0.3, -0.25) is 0 Å². The van der Waals surface area contributed by atoms with Gasteiger partial charge in [-0.1, -0.05) is 0 Å². The largest absolute Gasteiger partial charge is 0.381 e. The van der Waals surface area contributed by atoms with Gasteiger partial charge in [0.1, 0.15) is 11.6 Å². The van der Waals surface area contributed by atoms with Gasteiger partial charge in [0, 0.05) is 27.2 Å².